The minimum Gasteiger partial charge on any atom is -0.391 e. The molecule has 84 valence electrons. The van der Waals surface area contributed by atoms with Crippen molar-refractivity contribution in [3.63, 3.8) is 0 Å². The standard InChI is InChI=1S/C11H15ClFNO/c1-2-14-7-10(15)6-8-5-9(13)3-4-11(8)12/h3-5,10,14-15H,2,6-7H2,1H3. The van der Waals surface area contributed by atoms with E-state index in [1.807, 2.05) is 6.92 Å². The van der Waals surface area contributed by atoms with Gasteiger partial charge in [0.15, 0.2) is 0 Å². The van der Waals surface area contributed by atoms with Crippen molar-refractivity contribution in [2.45, 2.75) is 19.4 Å². The number of aliphatic hydroxyl groups excluding tert-OH is 1. The predicted molar refractivity (Wildman–Crippen MR) is 59.7 cm³/mol. The van der Waals surface area contributed by atoms with Crippen LogP contribution in [0.15, 0.2) is 18.2 Å². The van der Waals surface area contributed by atoms with E-state index in [9.17, 15) is 9.50 Å². The van der Waals surface area contributed by atoms with Crippen molar-refractivity contribution in [1.29, 1.82) is 0 Å². The van der Waals surface area contributed by atoms with Crippen molar-refractivity contribution in [2.75, 3.05) is 13.1 Å². The third-order valence-corrected chi connectivity index (χ3v) is 2.46. The number of aliphatic hydroxyl groups is 1. The minimum absolute atomic E-state index is 0.329. The molecule has 1 aromatic rings. The highest BCUT2D eigenvalue weighted by Crippen LogP contribution is 2.18. The topological polar surface area (TPSA) is 32.3 Å². The summed E-state index contributed by atoms with van der Waals surface area (Å²) < 4.78 is 12.9. The summed E-state index contributed by atoms with van der Waals surface area (Å²) >= 11 is 5.88. The number of rotatable bonds is 5. The van der Waals surface area contributed by atoms with Gasteiger partial charge >= 0.3 is 0 Å². The number of benzene rings is 1. The van der Waals surface area contributed by atoms with E-state index >= 15 is 0 Å². The fraction of sp³-hybridized carbons (Fsp3) is 0.455. The van der Waals surface area contributed by atoms with Crippen molar-refractivity contribution in [3.05, 3.63) is 34.6 Å². The second kappa shape index (κ2) is 6.05. The Bertz CT molecular complexity index is 319. The Morgan fingerprint density at radius 3 is 2.93 bits per heavy atom. The summed E-state index contributed by atoms with van der Waals surface area (Å²) in [5, 5.41) is 13.1. The molecule has 1 atom stereocenters. The highest BCUT2D eigenvalue weighted by atomic mass is 35.5. The van der Waals surface area contributed by atoms with Gasteiger partial charge in [-0.1, -0.05) is 18.5 Å². The second-order valence-electron chi connectivity index (χ2n) is 3.40. The first kappa shape index (κ1) is 12.4. The van der Waals surface area contributed by atoms with E-state index in [1.54, 1.807) is 0 Å². The highest BCUT2D eigenvalue weighted by Gasteiger charge is 2.08. The molecule has 0 radical (unpaired) electrons. The third-order valence-electron chi connectivity index (χ3n) is 2.09. The molecule has 0 aliphatic carbocycles. The lowest BCUT2D eigenvalue weighted by atomic mass is 10.1. The summed E-state index contributed by atoms with van der Waals surface area (Å²) in [6, 6.07) is 4.17. The number of halogens is 2. The van der Waals surface area contributed by atoms with Gasteiger partial charge in [-0.3, -0.25) is 0 Å². The first-order valence-electron chi connectivity index (χ1n) is 4.96. The van der Waals surface area contributed by atoms with E-state index in [0.29, 0.717) is 23.6 Å². The normalized spacial score (nSPS) is 12.8. The van der Waals surface area contributed by atoms with Gasteiger partial charge in [0.25, 0.3) is 0 Å². The van der Waals surface area contributed by atoms with Gasteiger partial charge in [0.2, 0.25) is 0 Å². The summed E-state index contributed by atoms with van der Waals surface area (Å²) in [7, 11) is 0. The molecule has 0 aliphatic rings. The molecule has 2 N–H and O–H groups in total. The summed E-state index contributed by atoms with van der Waals surface area (Å²) in [4.78, 5) is 0. The fourth-order valence-corrected chi connectivity index (χ4v) is 1.53. The molecule has 0 amide bonds. The molecule has 0 bridgehead atoms. The van der Waals surface area contributed by atoms with Gasteiger partial charge in [0.1, 0.15) is 5.82 Å². The smallest absolute Gasteiger partial charge is 0.123 e. The maximum Gasteiger partial charge on any atom is 0.123 e. The molecule has 0 aliphatic heterocycles. The van der Waals surface area contributed by atoms with Crippen LogP contribution in [-0.2, 0) is 6.42 Å². The summed E-state index contributed by atoms with van der Waals surface area (Å²) in [6.07, 6.45) is -0.173. The van der Waals surface area contributed by atoms with Crippen molar-refractivity contribution in [2.24, 2.45) is 0 Å². The molecule has 0 aromatic heterocycles. The Kier molecular flexibility index (Phi) is 5.02. The first-order chi connectivity index (χ1) is 7.13. The molecule has 0 heterocycles. The van der Waals surface area contributed by atoms with Crippen molar-refractivity contribution < 1.29 is 9.50 Å². The Balaban J connectivity index is 2.59. The summed E-state index contributed by atoms with van der Waals surface area (Å²) in [5.41, 5.74) is 0.641. The SMILES string of the molecule is CCNCC(O)Cc1cc(F)ccc1Cl. The van der Waals surface area contributed by atoms with Crippen LogP contribution in [0.1, 0.15) is 12.5 Å². The van der Waals surface area contributed by atoms with E-state index in [2.05, 4.69) is 5.32 Å². The van der Waals surface area contributed by atoms with Gasteiger partial charge in [-0.05, 0) is 30.3 Å². The van der Waals surface area contributed by atoms with Crippen molar-refractivity contribution in [1.82, 2.24) is 5.32 Å². The average molecular weight is 232 g/mol. The van der Waals surface area contributed by atoms with E-state index < -0.39 is 6.10 Å². The lowest BCUT2D eigenvalue weighted by Crippen LogP contribution is -2.28. The molecule has 1 aromatic carbocycles. The molecular weight excluding hydrogens is 217 g/mol. The van der Waals surface area contributed by atoms with E-state index in [-0.39, 0.29) is 5.82 Å². The largest absolute Gasteiger partial charge is 0.391 e. The maximum atomic E-state index is 12.9. The molecular formula is C11H15ClFNO. The molecule has 0 spiro atoms. The van der Waals surface area contributed by atoms with Crippen molar-refractivity contribution in [3.8, 4) is 0 Å². The van der Waals surface area contributed by atoms with Crippen LogP contribution in [0.25, 0.3) is 0 Å². The molecule has 0 saturated heterocycles. The van der Waals surface area contributed by atoms with Gasteiger partial charge in [0.05, 0.1) is 6.10 Å². The van der Waals surface area contributed by atoms with Gasteiger partial charge in [-0.2, -0.15) is 0 Å². The first-order valence-corrected chi connectivity index (χ1v) is 5.34. The minimum atomic E-state index is -0.538. The van der Waals surface area contributed by atoms with Gasteiger partial charge in [-0.15, -0.1) is 0 Å². The third kappa shape index (κ3) is 4.16. The number of hydrogen-bond acceptors (Lipinski definition) is 2. The van der Waals surface area contributed by atoms with Crippen LogP contribution in [0.3, 0.4) is 0 Å². The monoisotopic (exact) mass is 231 g/mol. The van der Waals surface area contributed by atoms with E-state index in [4.69, 9.17) is 11.6 Å². The van der Waals surface area contributed by atoms with Crippen LogP contribution < -0.4 is 5.32 Å². The number of hydrogen-bond donors (Lipinski definition) is 2. The lowest BCUT2D eigenvalue weighted by Gasteiger charge is -2.12. The van der Waals surface area contributed by atoms with Crippen LogP contribution >= 0.6 is 11.6 Å². The van der Waals surface area contributed by atoms with Gasteiger partial charge in [-0.25, -0.2) is 4.39 Å². The molecule has 2 nitrogen and oxygen atoms in total. The summed E-state index contributed by atoms with van der Waals surface area (Å²) in [6.45, 7) is 3.25. The fourth-order valence-electron chi connectivity index (χ4n) is 1.34. The quantitative estimate of drug-likeness (QED) is 0.813. The predicted octanol–water partition coefficient (Wildman–Crippen LogP) is 1.99. The zero-order chi connectivity index (χ0) is 11.3. The van der Waals surface area contributed by atoms with Crippen LogP contribution in [0, 0.1) is 5.82 Å². The van der Waals surface area contributed by atoms with E-state index in [1.165, 1.54) is 18.2 Å². The molecule has 1 rings (SSSR count). The molecule has 4 heteroatoms. The Morgan fingerprint density at radius 2 is 2.27 bits per heavy atom. The highest BCUT2D eigenvalue weighted by molar-refractivity contribution is 6.31. The van der Waals surface area contributed by atoms with E-state index in [0.717, 1.165) is 6.54 Å². The lowest BCUT2D eigenvalue weighted by molar-refractivity contribution is 0.172. The number of likely N-dealkylation sites (N-methyl/N-ethyl adjacent to an activating group) is 1. The zero-order valence-corrected chi connectivity index (χ0v) is 9.39. The van der Waals surface area contributed by atoms with Gasteiger partial charge < -0.3 is 10.4 Å². The van der Waals surface area contributed by atoms with Crippen LogP contribution in [0.5, 0.6) is 0 Å². The van der Waals surface area contributed by atoms with Gasteiger partial charge in [0, 0.05) is 18.0 Å². The molecule has 15 heavy (non-hydrogen) atoms. The number of nitrogens with one attached hydrogen (secondary N) is 1. The molecule has 1 unspecified atom stereocenters. The maximum absolute atomic E-state index is 12.9. The summed E-state index contributed by atoms with van der Waals surface area (Å²) in [5.74, 6) is -0.329. The van der Waals surface area contributed by atoms with Crippen molar-refractivity contribution >= 4 is 11.6 Å². The zero-order valence-electron chi connectivity index (χ0n) is 8.63. The Morgan fingerprint density at radius 1 is 1.53 bits per heavy atom. The molecule has 0 fully saturated rings. The second-order valence-corrected chi connectivity index (χ2v) is 3.81. The van der Waals surface area contributed by atoms with Crippen LogP contribution in [0.2, 0.25) is 5.02 Å². The average Bonchev–Trinajstić information content (AvgIpc) is 2.20. The van der Waals surface area contributed by atoms with Crippen LogP contribution in [-0.4, -0.2) is 24.3 Å². The van der Waals surface area contributed by atoms with Crippen LogP contribution in [0.4, 0.5) is 4.39 Å². The molecule has 0 saturated carbocycles. The Hall–Kier alpha value is -0.640. The Labute approximate surface area is 94.1 Å².